The van der Waals surface area contributed by atoms with Crippen molar-refractivity contribution in [2.75, 3.05) is 0 Å². The molecule has 1 rings (SSSR count). The second-order valence-corrected chi connectivity index (χ2v) is 3.63. The largest absolute Gasteiger partial charge is 0.478 e. The molecule has 0 aliphatic carbocycles. The summed E-state index contributed by atoms with van der Waals surface area (Å²) in [6, 6.07) is 7.11. The number of rotatable bonds is 3. The molecule has 1 aromatic carbocycles. The fraction of sp³-hybridized carbons (Fsp3) is 0.200. The van der Waals surface area contributed by atoms with Gasteiger partial charge in [0.15, 0.2) is 0 Å². The van der Waals surface area contributed by atoms with Crippen molar-refractivity contribution in [3.8, 4) is 6.07 Å². The number of aromatic carboxylic acids is 1. The van der Waals surface area contributed by atoms with Crippen LogP contribution in [0.25, 0.3) is 0 Å². The van der Waals surface area contributed by atoms with Crippen molar-refractivity contribution in [3.05, 3.63) is 33.8 Å². The van der Waals surface area contributed by atoms with E-state index in [9.17, 15) is 4.79 Å². The molecule has 0 unspecified atom stereocenters. The highest BCUT2D eigenvalue weighted by Gasteiger charge is 2.08. The number of halogens is 1. The minimum atomic E-state index is -0.962. The molecule has 4 heteroatoms. The van der Waals surface area contributed by atoms with Crippen LogP contribution in [-0.4, -0.2) is 11.1 Å². The smallest absolute Gasteiger partial charge is 0.336 e. The number of benzene rings is 1. The monoisotopic (exact) mass is 253 g/mol. The maximum atomic E-state index is 10.8. The van der Waals surface area contributed by atoms with E-state index in [-0.39, 0.29) is 5.56 Å². The Kier molecular flexibility index (Phi) is 3.66. The predicted molar refractivity (Wildman–Crippen MR) is 55.0 cm³/mol. The molecule has 0 aliphatic rings. The van der Waals surface area contributed by atoms with Gasteiger partial charge in [-0.2, -0.15) is 5.26 Å². The number of hydrogen-bond acceptors (Lipinski definition) is 2. The van der Waals surface area contributed by atoms with E-state index in [0.717, 1.165) is 5.56 Å². The quantitative estimate of drug-likeness (QED) is 0.901. The van der Waals surface area contributed by atoms with Gasteiger partial charge in [0.1, 0.15) is 0 Å². The lowest BCUT2D eigenvalue weighted by molar-refractivity contribution is 0.0696. The highest BCUT2D eigenvalue weighted by atomic mass is 79.9. The molecule has 72 valence electrons. The molecule has 0 aromatic heterocycles. The van der Waals surface area contributed by atoms with E-state index < -0.39 is 5.97 Å². The Balaban J connectivity index is 2.96. The van der Waals surface area contributed by atoms with E-state index in [4.69, 9.17) is 10.4 Å². The molecule has 0 fully saturated rings. The van der Waals surface area contributed by atoms with Gasteiger partial charge in [-0.1, -0.05) is 6.07 Å². The number of nitriles is 1. The Labute approximate surface area is 90.1 Å². The van der Waals surface area contributed by atoms with E-state index in [1.54, 1.807) is 12.1 Å². The summed E-state index contributed by atoms with van der Waals surface area (Å²) >= 11 is 3.15. The SMILES string of the molecule is N#CCCc1ccc(Br)c(C(=O)O)c1. The lowest BCUT2D eigenvalue weighted by Gasteiger charge is -2.02. The molecule has 14 heavy (non-hydrogen) atoms. The van der Waals surface area contributed by atoms with Crippen molar-refractivity contribution in [2.45, 2.75) is 12.8 Å². The molecule has 0 saturated carbocycles. The highest BCUT2D eigenvalue weighted by molar-refractivity contribution is 9.10. The van der Waals surface area contributed by atoms with Crippen LogP contribution in [0.3, 0.4) is 0 Å². The van der Waals surface area contributed by atoms with E-state index in [2.05, 4.69) is 15.9 Å². The van der Waals surface area contributed by atoms with E-state index in [1.165, 1.54) is 0 Å². The van der Waals surface area contributed by atoms with Gasteiger partial charge in [-0.15, -0.1) is 0 Å². The van der Waals surface area contributed by atoms with Crippen molar-refractivity contribution in [1.29, 1.82) is 5.26 Å². The number of carbonyl (C=O) groups is 1. The highest BCUT2D eigenvalue weighted by Crippen LogP contribution is 2.19. The molecule has 0 saturated heterocycles. The van der Waals surface area contributed by atoms with E-state index in [0.29, 0.717) is 17.3 Å². The number of aryl methyl sites for hydroxylation is 1. The van der Waals surface area contributed by atoms with Gasteiger partial charge >= 0.3 is 5.97 Å². The molecule has 3 nitrogen and oxygen atoms in total. The number of nitrogens with zero attached hydrogens (tertiary/aromatic N) is 1. The van der Waals surface area contributed by atoms with Crippen molar-refractivity contribution in [1.82, 2.24) is 0 Å². The number of carboxylic acids is 1. The first-order valence-corrected chi connectivity index (χ1v) is 4.83. The fourth-order valence-corrected chi connectivity index (χ4v) is 1.51. The third kappa shape index (κ3) is 2.57. The third-order valence-corrected chi connectivity index (χ3v) is 2.48. The number of hydrogen-bond donors (Lipinski definition) is 1. The topological polar surface area (TPSA) is 61.1 Å². The average molecular weight is 254 g/mol. The third-order valence-electron chi connectivity index (χ3n) is 1.79. The molecule has 0 atom stereocenters. The summed E-state index contributed by atoms with van der Waals surface area (Å²) in [5, 5.41) is 17.2. The van der Waals surface area contributed by atoms with Crippen LogP contribution < -0.4 is 0 Å². The Morgan fingerprint density at radius 3 is 2.86 bits per heavy atom. The Bertz CT molecular complexity index is 396. The van der Waals surface area contributed by atoms with Crippen molar-refractivity contribution in [3.63, 3.8) is 0 Å². The standard InChI is InChI=1S/C10H8BrNO2/c11-9-4-3-7(2-1-5-12)6-8(9)10(13)14/h3-4,6H,1-2H2,(H,13,14). The second-order valence-electron chi connectivity index (χ2n) is 2.78. The van der Waals surface area contributed by atoms with Gasteiger partial charge in [-0.05, 0) is 40.0 Å². The van der Waals surface area contributed by atoms with Gasteiger partial charge in [0.2, 0.25) is 0 Å². The normalized spacial score (nSPS) is 9.43. The minimum absolute atomic E-state index is 0.237. The van der Waals surface area contributed by atoms with Gasteiger partial charge < -0.3 is 5.11 Å². The Morgan fingerprint density at radius 1 is 1.57 bits per heavy atom. The molecule has 1 aromatic rings. The molecule has 0 aliphatic heterocycles. The fourth-order valence-electron chi connectivity index (χ4n) is 1.09. The summed E-state index contributed by atoms with van der Waals surface area (Å²) in [4.78, 5) is 10.8. The van der Waals surface area contributed by atoms with Crippen molar-refractivity contribution >= 4 is 21.9 Å². The molecule has 1 N–H and O–H groups in total. The first kappa shape index (κ1) is 10.7. The second kappa shape index (κ2) is 4.77. The summed E-state index contributed by atoms with van der Waals surface area (Å²) < 4.78 is 0.561. The van der Waals surface area contributed by atoms with Gasteiger partial charge in [0.25, 0.3) is 0 Å². The van der Waals surface area contributed by atoms with Crippen LogP contribution in [0.15, 0.2) is 22.7 Å². The molecule has 0 heterocycles. The van der Waals surface area contributed by atoms with Gasteiger partial charge in [0.05, 0.1) is 11.6 Å². The molecule has 0 radical (unpaired) electrons. The van der Waals surface area contributed by atoms with Crippen molar-refractivity contribution in [2.24, 2.45) is 0 Å². The predicted octanol–water partition coefficient (Wildman–Crippen LogP) is 2.60. The molecule has 0 spiro atoms. The van der Waals surface area contributed by atoms with Crippen LogP contribution in [-0.2, 0) is 6.42 Å². The van der Waals surface area contributed by atoms with Gasteiger partial charge in [0, 0.05) is 10.9 Å². The minimum Gasteiger partial charge on any atom is -0.478 e. The summed E-state index contributed by atoms with van der Waals surface area (Å²) in [7, 11) is 0. The van der Waals surface area contributed by atoms with E-state index in [1.807, 2.05) is 12.1 Å². The zero-order valence-electron chi connectivity index (χ0n) is 7.33. The van der Waals surface area contributed by atoms with Crippen molar-refractivity contribution < 1.29 is 9.90 Å². The molecular formula is C10H8BrNO2. The zero-order chi connectivity index (χ0) is 10.6. The average Bonchev–Trinajstić information content (AvgIpc) is 2.16. The first-order valence-electron chi connectivity index (χ1n) is 4.04. The van der Waals surface area contributed by atoms with Crippen LogP contribution >= 0.6 is 15.9 Å². The Morgan fingerprint density at radius 2 is 2.29 bits per heavy atom. The summed E-state index contributed by atoms with van der Waals surface area (Å²) in [6.45, 7) is 0. The van der Waals surface area contributed by atoms with Crippen LogP contribution in [0.2, 0.25) is 0 Å². The van der Waals surface area contributed by atoms with Gasteiger partial charge in [-0.3, -0.25) is 0 Å². The summed E-state index contributed by atoms with van der Waals surface area (Å²) in [5.41, 5.74) is 1.10. The maximum absolute atomic E-state index is 10.8. The Hall–Kier alpha value is -1.34. The van der Waals surface area contributed by atoms with Crippen LogP contribution in [0, 0.1) is 11.3 Å². The van der Waals surface area contributed by atoms with Crippen LogP contribution in [0.1, 0.15) is 22.3 Å². The van der Waals surface area contributed by atoms with Crippen LogP contribution in [0.4, 0.5) is 0 Å². The van der Waals surface area contributed by atoms with Gasteiger partial charge in [-0.25, -0.2) is 4.79 Å². The lowest BCUT2D eigenvalue weighted by Crippen LogP contribution is -1.99. The summed E-state index contributed by atoms with van der Waals surface area (Å²) in [6.07, 6.45) is 0.991. The van der Waals surface area contributed by atoms with E-state index >= 15 is 0 Å². The lowest BCUT2D eigenvalue weighted by atomic mass is 10.1. The molecular weight excluding hydrogens is 246 g/mol. The maximum Gasteiger partial charge on any atom is 0.336 e. The number of carboxylic acid groups (broad SMARTS) is 1. The van der Waals surface area contributed by atoms with Crippen LogP contribution in [0.5, 0.6) is 0 Å². The molecule has 0 amide bonds. The zero-order valence-corrected chi connectivity index (χ0v) is 8.91. The molecule has 0 bridgehead atoms. The summed E-state index contributed by atoms with van der Waals surface area (Å²) in [5.74, 6) is -0.962. The first-order chi connectivity index (χ1) is 6.65.